The van der Waals surface area contributed by atoms with E-state index < -0.39 is 0 Å². The van der Waals surface area contributed by atoms with Gasteiger partial charge in [0.1, 0.15) is 11.4 Å². The molecular weight excluding hydrogens is 665 g/mol. The molecule has 0 fully saturated rings. The molecule has 0 atom stereocenters. The van der Waals surface area contributed by atoms with Crippen LogP contribution in [-0.4, -0.2) is 4.57 Å². The van der Waals surface area contributed by atoms with Crippen molar-refractivity contribution in [1.82, 2.24) is 4.57 Å². The van der Waals surface area contributed by atoms with Gasteiger partial charge >= 0.3 is 0 Å². The minimum atomic E-state index is -0.00881. The Hall–Kier alpha value is -4.43. The van der Waals surface area contributed by atoms with E-state index in [4.69, 9.17) is 0 Å². The standard InChI is InChI=1S/C53H67N2/c1-34-44(53(15,16)17)24-21-27-45(34)54-35(2)55(47-26-19-18-25-46(47)54)48-42(36-28-38(49(3,4)5)32-39(29-36)50(6,7)8)22-20-23-43(48)37-30-40(51(9,10)11)33-41(31-37)52(12,13)14/h18-33H,1-17H3/q+1. The molecule has 0 saturated carbocycles. The van der Waals surface area contributed by atoms with Crippen molar-refractivity contribution in [3.63, 3.8) is 0 Å². The maximum absolute atomic E-state index is 2.56. The summed E-state index contributed by atoms with van der Waals surface area (Å²) < 4.78 is 5.06. The lowest BCUT2D eigenvalue weighted by Crippen LogP contribution is -2.35. The third-order valence-corrected chi connectivity index (χ3v) is 11.6. The lowest BCUT2D eigenvalue weighted by atomic mass is 9.77. The minimum absolute atomic E-state index is 0.00881. The quantitative estimate of drug-likeness (QED) is 0.160. The van der Waals surface area contributed by atoms with Crippen LogP contribution in [0.25, 0.3) is 44.7 Å². The Balaban J connectivity index is 1.82. The summed E-state index contributed by atoms with van der Waals surface area (Å²) in [6.45, 7) is 39.6. The second-order valence-electron chi connectivity index (χ2n) is 21.2. The van der Waals surface area contributed by atoms with Crippen molar-refractivity contribution in [2.75, 3.05) is 0 Å². The highest BCUT2D eigenvalue weighted by Gasteiger charge is 2.32. The number of nitrogens with zero attached hydrogens (tertiary/aromatic N) is 2. The highest BCUT2D eigenvalue weighted by molar-refractivity contribution is 5.86. The lowest BCUT2D eigenvalue weighted by Gasteiger charge is -2.27. The number of para-hydroxylation sites is 3. The average molecular weight is 732 g/mol. The Bertz CT molecular complexity index is 2240. The first-order chi connectivity index (χ1) is 25.3. The van der Waals surface area contributed by atoms with Gasteiger partial charge in [-0.1, -0.05) is 183 Å². The molecule has 0 saturated heterocycles. The second kappa shape index (κ2) is 13.6. The molecular formula is C53H67N2+. The third kappa shape index (κ3) is 7.72. The molecule has 0 aliphatic carbocycles. The highest BCUT2D eigenvalue weighted by atomic mass is 15.2. The Kier molecular flexibility index (Phi) is 9.98. The highest BCUT2D eigenvalue weighted by Crippen LogP contribution is 2.42. The normalized spacial score (nSPS) is 13.2. The molecule has 0 N–H and O–H groups in total. The number of hydrogen-bond acceptors (Lipinski definition) is 0. The van der Waals surface area contributed by atoms with Crippen LogP contribution >= 0.6 is 0 Å². The molecule has 55 heavy (non-hydrogen) atoms. The van der Waals surface area contributed by atoms with Crippen molar-refractivity contribution in [1.29, 1.82) is 0 Å². The number of rotatable bonds is 4. The predicted octanol–water partition coefficient (Wildman–Crippen LogP) is 14.3. The Morgan fingerprint density at radius 3 is 1.27 bits per heavy atom. The van der Waals surface area contributed by atoms with Crippen molar-refractivity contribution < 1.29 is 4.57 Å². The summed E-state index contributed by atoms with van der Waals surface area (Å²) in [6.07, 6.45) is 0. The van der Waals surface area contributed by atoms with Gasteiger partial charge in [-0.05, 0) is 96.7 Å². The zero-order chi connectivity index (χ0) is 40.6. The van der Waals surface area contributed by atoms with Gasteiger partial charge in [0.05, 0.1) is 0 Å². The summed E-state index contributed by atoms with van der Waals surface area (Å²) in [7, 11) is 0. The maximum Gasteiger partial charge on any atom is 0.264 e. The SMILES string of the molecule is Cc1c(-n2c(C)[n+](-c3c(-c4cc(C(C)(C)C)cc(C(C)(C)C)c4)cccc3-c3cc(C(C)(C)C)cc(C(C)(C)C)c3)c3ccccc32)cccc1C(C)(C)C. The third-order valence-electron chi connectivity index (χ3n) is 11.6. The van der Waals surface area contributed by atoms with Crippen LogP contribution in [-0.2, 0) is 27.1 Å². The topological polar surface area (TPSA) is 8.81 Å². The van der Waals surface area contributed by atoms with Crippen LogP contribution in [0, 0.1) is 13.8 Å². The zero-order valence-electron chi connectivity index (χ0n) is 37.1. The Morgan fingerprint density at radius 1 is 0.436 bits per heavy atom. The van der Waals surface area contributed by atoms with Gasteiger partial charge in [-0.3, -0.25) is 0 Å². The largest absolute Gasteiger partial charge is 0.264 e. The van der Waals surface area contributed by atoms with Gasteiger partial charge in [0.25, 0.3) is 5.82 Å². The van der Waals surface area contributed by atoms with Crippen molar-refractivity contribution in [3.05, 3.63) is 136 Å². The maximum atomic E-state index is 2.56. The summed E-state index contributed by atoms with van der Waals surface area (Å²) in [6, 6.07) is 37.5. The van der Waals surface area contributed by atoms with Gasteiger partial charge < -0.3 is 0 Å². The summed E-state index contributed by atoms with van der Waals surface area (Å²) in [5.41, 5.74) is 17.9. The van der Waals surface area contributed by atoms with Crippen LogP contribution in [0.1, 0.15) is 143 Å². The number of benzene rings is 5. The molecule has 2 heteroatoms. The molecule has 6 rings (SSSR count). The average Bonchev–Trinajstić information content (AvgIpc) is 3.36. The van der Waals surface area contributed by atoms with Crippen molar-refractivity contribution in [3.8, 4) is 33.6 Å². The van der Waals surface area contributed by atoms with Gasteiger partial charge in [0.2, 0.25) is 0 Å². The second-order valence-corrected chi connectivity index (χ2v) is 21.2. The monoisotopic (exact) mass is 732 g/mol. The van der Waals surface area contributed by atoms with E-state index in [2.05, 4.69) is 224 Å². The first-order valence-electron chi connectivity index (χ1n) is 20.4. The lowest BCUT2D eigenvalue weighted by molar-refractivity contribution is -0.574. The van der Waals surface area contributed by atoms with Gasteiger partial charge in [-0.15, -0.1) is 0 Å². The smallest absolute Gasteiger partial charge is 0.192 e. The molecule has 0 spiro atoms. The number of aromatic nitrogens is 2. The molecule has 1 aromatic heterocycles. The summed E-state index contributed by atoms with van der Waals surface area (Å²) in [5.74, 6) is 1.18. The fraction of sp³-hybridized carbons (Fsp3) is 0.415. The van der Waals surface area contributed by atoms with E-state index in [1.54, 1.807) is 0 Å². The Labute approximate surface area is 333 Å². The molecule has 288 valence electrons. The molecule has 5 aromatic carbocycles. The van der Waals surface area contributed by atoms with E-state index >= 15 is 0 Å². The van der Waals surface area contributed by atoms with Crippen molar-refractivity contribution in [2.24, 2.45) is 0 Å². The first-order valence-corrected chi connectivity index (χ1v) is 20.4. The molecule has 0 aliphatic rings. The van der Waals surface area contributed by atoms with Gasteiger partial charge in [0.15, 0.2) is 11.0 Å². The van der Waals surface area contributed by atoms with Gasteiger partial charge in [0, 0.05) is 18.1 Å². The van der Waals surface area contributed by atoms with E-state index in [-0.39, 0.29) is 27.1 Å². The molecule has 0 unspecified atom stereocenters. The summed E-state index contributed by atoms with van der Waals surface area (Å²) in [5, 5.41) is 0. The van der Waals surface area contributed by atoms with Crippen molar-refractivity contribution in [2.45, 2.75) is 145 Å². The van der Waals surface area contributed by atoms with Crippen LogP contribution < -0.4 is 4.57 Å². The van der Waals surface area contributed by atoms with Crippen LogP contribution in [0.5, 0.6) is 0 Å². The van der Waals surface area contributed by atoms with Crippen LogP contribution in [0.4, 0.5) is 0 Å². The zero-order valence-corrected chi connectivity index (χ0v) is 37.1. The number of hydrogen-bond donors (Lipinski definition) is 0. The van der Waals surface area contributed by atoms with Crippen LogP contribution in [0.15, 0.2) is 97.1 Å². The predicted molar refractivity (Wildman–Crippen MR) is 239 cm³/mol. The number of fused-ring (bicyclic) bond motifs is 1. The van der Waals surface area contributed by atoms with Gasteiger partial charge in [-0.25, -0.2) is 0 Å². The van der Waals surface area contributed by atoms with Crippen LogP contribution in [0.2, 0.25) is 0 Å². The van der Waals surface area contributed by atoms with Crippen LogP contribution in [0.3, 0.4) is 0 Å². The molecule has 2 nitrogen and oxygen atoms in total. The van der Waals surface area contributed by atoms with Crippen molar-refractivity contribution >= 4 is 11.0 Å². The van der Waals surface area contributed by atoms with E-state index in [1.807, 2.05) is 0 Å². The molecule has 0 bridgehead atoms. The Morgan fingerprint density at radius 2 is 0.855 bits per heavy atom. The van der Waals surface area contributed by atoms with E-state index in [0.29, 0.717) is 0 Å². The fourth-order valence-corrected chi connectivity index (χ4v) is 8.10. The molecule has 0 radical (unpaired) electrons. The number of imidazole rings is 1. The minimum Gasteiger partial charge on any atom is -0.192 e. The molecule has 6 aromatic rings. The molecule has 0 amide bonds. The fourth-order valence-electron chi connectivity index (χ4n) is 8.10. The molecule has 1 heterocycles. The van der Waals surface area contributed by atoms with E-state index in [9.17, 15) is 0 Å². The summed E-state index contributed by atoms with van der Waals surface area (Å²) >= 11 is 0. The van der Waals surface area contributed by atoms with Gasteiger partial charge in [-0.2, -0.15) is 9.13 Å². The molecule has 0 aliphatic heterocycles. The van der Waals surface area contributed by atoms with E-state index in [0.717, 1.165) is 0 Å². The first kappa shape index (κ1) is 40.2. The summed E-state index contributed by atoms with van der Waals surface area (Å²) in [4.78, 5) is 0. The van der Waals surface area contributed by atoms with E-state index in [1.165, 1.54) is 83.9 Å².